The van der Waals surface area contributed by atoms with Crippen molar-refractivity contribution in [3.8, 4) is 0 Å². The van der Waals surface area contributed by atoms with E-state index in [1.807, 2.05) is 0 Å². The number of carbonyl (C=O) groups is 3. The molecule has 0 bridgehead atoms. The lowest BCUT2D eigenvalue weighted by atomic mass is 10.1. The number of nitrogens with one attached hydrogen (secondary N) is 1. The van der Waals surface area contributed by atoms with Gasteiger partial charge in [0.2, 0.25) is 5.78 Å². The van der Waals surface area contributed by atoms with Gasteiger partial charge in [-0.1, -0.05) is 0 Å². The van der Waals surface area contributed by atoms with E-state index in [1.165, 1.54) is 0 Å². The van der Waals surface area contributed by atoms with Crippen molar-refractivity contribution in [3.05, 3.63) is 0 Å². The van der Waals surface area contributed by atoms with Crippen molar-refractivity contribution in [1.29, 1.82) is 0 Å². The van der Waals surface area contributed by atoms with Crippen LogP contribution in [0.25, 0.3) is 0 Å². The predicted molar refractivity (Wildman–Crippen MR) is 38.1 cm³/mol. The molecule has 0 radical (unpaired) electrons. The number of hydrogen-bond donors (Lipinski definition) is 1. The number of ketones is 1. The van der Waals surface area contributed by atoms with Crippen LogP contribution in [0, 0.1) is 5.92 Å². The first-order valence-corrected chi connectivity index (χ1v) is 3.65. The van der Waals surface area contributed by atoms with Gasteiger partial charge in [0.15, 0.2) is 0 Å². The zero-order chi connectivity index (χ0) is 9.14. The van der Waals surface area contributed by atoms with Gasteiger partial charge in [0.05, 0.1) is 6.61 Å². The average molecular weight is 171 g/mol. The molecule has 1 saturated heterocycles. The Bertz CT molecular complexity index is 236. The molecule has 1 heterocycles. The van der Waals surface area contributed by atoms with Gasteiger partial charge >= 0.3 is 5.97 Å². The number of Topliss-reactive ketones (excluding diaryl/α,β-unsaturated/α-hetero) is 1. The van der Waals surface area contributed by atoms with Gasteiger partial charge in [-0.3, -0.25) is 14.4 Å². The summed E-state index contributed by atoms with van der Waals surface area (Å²) >= 11 is 0. The summed E-state index contributed by atoms with van der Waals surface area (Å²) in [4.78, 5) is 32.5. The molecule has 1 unspecified atom stereocenters. The van der Waals surface area contributed by atoms with Gasteiger partial charge < -0.3 is 10.1 Å². The molecule has 0 aromatic carbocycles. The average Bonchev–Trinajstić information content (AvgIpc) is 2.34. The fourth-order valence-electron chi connectivity index (χ4n) is 0.966. The minimum atomic E-state index is -0.933. The number of rotatable bonds is 2. The molecule has 12 heavy (non-hydrogen) atoms. The molecule has 0 aromatic rings. The summed E-state index contributed by atoms with van der Waals surface area (Å²) in [5.74, 6) is -2.96. The number of esters is 1. The second-order valence-corrected chi connectivity index (χ2v) is 2.38. The van der Waals surface area contributed by atoms with Crippen molar-refractivity contribution < 1.29 is 19.1 Å². The minimum Gasteiger partial charge on any atom is -0.465 e. The number of carbonyl (C=O) groups excluding carboxylic acids is 3. The summed E-state index contributed by atoms with van der Waals surface area (Å²) in [6.45, 7) is 1.93. The minimum absolute atomic E-state index is 0.0660. The van der Waals surface area contributed by atoms with E-state index in [2.05, 4.69) is 10.1 Å². The first kappa shape index (κ1) is 8.70. The third kappa shape index (κ3) is 1.44. The highest BCUT2D eigenvalue weighted by molar-refractivity contribution is 6.42. The highest BCUT2D eigenvalue weighted by Crippen LogP contribution is 2.06. The maximum absolute atomic E-state index is 11.0. The Hall–Kier alpha value is -1.39. The van der Waals surface area contributed by atoms with E-state index in [0.717, 1.165) is 0 Å². The summed E-state index contributed by atoms with van der Waals surface area (Å²) in [6.07, 6.45) is 0. The third-order valence-corrected chi connectivity index (χ3v) is 1.58. The molecule has 0 aliphatic carbocycles. The van der Waals surface area contributed by atoms with Crippen molar-refractivity contribution >= 4 is 17.7 Å². The van der Waals surface area contributed by atoms with E-state index >= 15 is 0 Å². The SMILES string of the molecule is CCOC(=O)C1CNC(=O)C1=O. The van der Waals surface area contributed by atoms with Gasteiger partial charge in [0.25, 0.3) is 5.91 Å². The Labute approximate surface area is 69.1 Å². The fraction of sp³-hybridized carbons (Fsp3) is 0.571. The normalized spacial score (nSPS) is 22.2. The van der Waals surface area contributed by atoms with Gasteiger partial charge in [0, 0.05) is 6.54 Å². The number of hydrogen-bond acceptors (Lipinski definition) is 4. The quantitative estimate of drug-likeness (QED) is 0.324. The third-order valence-electron chi connectivity index (χ3n) is 1.58. The Morgan fingerprint density at radius 3 is 2.75 bits per heavy atom. The van der Waals surface area contributed by atoms with Crippen LogP contribution in [0.3, 0.4) is 0 Å². The van der Waals surface area contributed by atoms with E-state index in [9.17, 15) is 14.4 Å². The van der Waals surface area contributed by atoms with Gasteiger partial charge in [-0.15, -0.1) is 0 Å². The van der Waals surface area contributed by atoms with Crippen LogP contribution in [0.2, 0.25) is 0 Å². The maximum Gasteiger partial charge on any atom is 0.318 e. The van der Waals surface area contributed by atoms with Crippen LogP contribution in [-0.4, -0.2) is 30.8 Å². The summed E-state index contributed by atoms with van der Waals surface area (Å²) in [6, 6.07) is 0. The van der Waals surface area contributed by atoms with Crippen molar-refractivity contribution in [3.63, 3.8) is 0 Å². The standard InChI is InChI=1S/C7H9NO4/c1-2-12-7(11)4-3-8-6(10)5(4)9/h4H,2-3H2,1H3,(H,8,10). The summed E-state index contributed by atoms with van der Waals surface area (Å²) in [5, 5.41) is 2.27. The lowest BCUT2D eigenvalue weighted by Gasteiger charge is -2.03. The molecular formula is C7H9NO4. The van der Waals surface area contributed by atoms with Crippen LogP contribution in [0.15, 0.2) is 0 Å². The molecule has 0 spiro atoms. The summed E-state index contributed by atoms with van der Waals surface area (Å²) < 4.78 is 4.59. The molecule has 1 fully saturated rings. The molecule has 1 rings (SSSR count). The maximum atomic E-state index is 11.0. The number of ether oxygens (including phenoxy) is 1. The Morgan fingerprint density at radius 2 is 2.33 bits per heavy atom. The van der Waals surface area contributed by atoms with Crippen molar-refractivity contribution in [2.24, 2.45) is 5.92 Å². The monoisotopic (exact) mass is 171 g/mol. The topological polar surface area (TPSA) is 72.5 Å². The highest BCUT2D eigenvalue weighted by atomic mass is 16.5. The van der Waals surface area contributed by atoms with Gasteiger partial charge in [-0.25, -0.2) is 0 Å². The molecule has 0 saturated carbocycles. The summed E-state index contributed by atoms with van der Waals surface area (Å²) in [5.41, 5.74) is 0. The summed E-state index contributed by atoms with van der Waals surface area (Å²) in [7, 11) is 0. The molecule has 1 amide bonds. The zero-order valence-electron chi connectivity index (χ0n) is 6.62. The number of amides is 1. The second kappa shape index (κ2) is 3.34. The largest absolute Gasteiger partial charge is 0.465 e. The molecule has 1 aliphatic rings. The van der Waals surface area contributed by atoms with Crippen molar-refractivity contribution in [1.82, 2.24) is 5.32 Å². The van der Waals surface area contributed by atoms with Gasteiger partial charge in [0.1, 0.15) is 5.92 Å². The molecule has 0 aromatic heterocycles. The Kier molecular flexibility index (Phi) is 2.42. The molecule has 1 N–H and O–H groups in total. The van der Waals surface area contributed by atoms with E-state index in [-0.39, 0.29) is 13.2 Å². The van der Waals surface area contributed by atoms with Crippen LogP contribution in [0.5, 0.6) is 0 Å². The molecule has 1 atom stereocenters. The molecular weight excluding hydrogens is 162 g/mol. The van der Waals surface area contributed by atoms with Crippen LogP contribution in [-0.2, 0) is 19.1 Å². The van der Waals surface area contributed by atoms with Crippen LogP contribution in [0.1, 0.15) is 6.92 Å². The first-order chi connectivity index (χ1) is 5.66. The lowest BCUT2D eigenvalue weighted by Crippen LogP contribution is -2.25. The molecule has 66 valence electrons. The highest BCUT2D eigenvalue weighted by Gasteiger charge is 2.38. The van der Waals surface area contributed by atoms with Crippen molar-refractivity contribution in [2.75, 3.05) is 13.2 Å². The van der Waals surface area contributed by atoms with Crippen LogP contribution < -0.4 is 5.32 Å². The van der Waals surface area contributed by atoms with Gasteiger partial charge in [-0.2, -0.15) is 0 Å². The van der Waals surface area contributed by atoms with E-state index in [1.54, 1.807) is 6.92 Å². The smallest absolute Gasteiger partial charge is 0.318 e. The molecule has 1 aliphatic heterocycles. The Balaban J connectivity index is 2.59. The Morgan fingerprint density at radius 1 is 1.67 bits per heavy atom. The second-order valence-electron chi connectivity index (χ2n) is 2.38. The predicted octanol–water partition coefficient (Wildman–Crippen LogP) is -1.14. The van der Waals surface area contributed by atoms with Gasteiger partial charge in [-0.05, 0) is 6.92 Å². The lowest BCUT2D eigenvalue weighted by molar-refractivity contribution is -0.151. The molecule has 5 heteroatoms. The molecule has 5 nitrogen and oxygen atoms in total. The zero-order valence-corrected chi connectivity index (χ0v) is 6.62. The van der Waals surface area contributed by atoms with Crippen LogP contribution >= 0.6 is 0 Å². The van der Waals surface area contributed by atoms with Crippen molar-refractivity contribution in [2.45, 2.75) is 6.92 Å². The van der Waals surface area contributed by atoms with E-state index < -0.39 is 23.6 Å². The fourth-order valence-corrected chi connectivity index (χ4v) is 0.966. The van der Waals surface area contributed by atoms with E-state index in [4.69, 9.17) is 0 Å². The van der Waals surface area contributed by atoms with Crippen LogP contribution in [0.4, 0.5) is 0 Å². The first-order valence-electron chi connectivity index (χ1n) is 3.65. The van der Waals surface area contributed by atoms with E-state index in [0.29, 0.717) is 0 Å².